The van der Waals surface area contributed by atoms with Crippen molar-refractivity contribution in [2.75, 3.05) is 6.54 Å². The lowest BCUT2D eigenvalue weighted by atomic mass is 10.2. The summed E-state index contributed by atoms with van der Waals surface area (Å²) in [6.45, 7) is 0.527. The van der Waals surface area contributed by atoms with Gasteiger partial charge in [-0.2, -0.15) is 0 Å². The molecule has 5 nitrogen and oxygen atoms in total. The van der Waals surface area contributed by atoms with Gasteiger partial charge in [0, 0.05) is 30.2 Å². The normalized spacial score (nSPS) is 10.8. The molecule has 0 atom stereocenters. The van der Waals surface area contributed by atoms with E-state index in [0.717, 1.165) is 15.6 Å². The van der Waals surface area contributed by atoms with Crippen molar-refractivity contribution in [2.24, 2.45) is 0 Å². The molecule has 20 heavy (non-hydrogen) atoms. The summed E-state index contributed by atoms with van der Waals surface area (Å²) in [6.07, 6.45) is 4.06. The maximum absolute atomic E-state index is 12.0. The largest absolute Gasteiger partial charge is 0.450 e. The van der Waals surface area contributed by atoms with Crippen LogP contribution in [-0.4, -0.2) is 22.4 Å². The highest BCUT2D eigenvalue weighted by Gasteiger charge is 2.13. The van der Waals surface area contributed by atoms with Crippen molar-refractivity contribution in [3.05, 3.63) is 52.7 Å². The van der Waals surface area contributed by atoms with Gasteiger partial charge in [0.2, 0.25) is 0 Å². The Morgan fingerprint density at radius 2 is 2.35 bits per heavy atom. The van der Waals surface area contributed by atoms with Gasteiger partial charge in [-0.05, 0) is 28.1 Å². The van der Waals surface area contributed by atoms with E-state index >= 15 is 0 Å². The molecule has 0 saturated heterocycles. The second-order valence-corrected chi connectivity index (χ2v) is 5.21. The fourth-order valence-corrected chi connectivity index (χ4v) is 2.42. The summed E-state index contributed by atoms with van der Waals surface area (Å²) < 4.78 is 6.41. The van der Waals surface area contributed by atoms with E-state index in [1.54, 1.807) is 18.6 Å². The standard InChI is InChI=1S/C14H12BrN3O2/c15-11-3-1-2-9-6-12(20-13(9)11)14(19)17-5-4-10-7-16-8-18-10/h1-3,6-8H,4-5H2,(H,16,18)(H,17,19). The van der Waals surface area contributed by atoms with Crippen LogP contribution in [0.5, 0.6) is 0 Å². The third-order valence-electron chi connectivity index (χ3n) is 2.95. The lowest BCUT2D eigenvalue weighted by Crippen LogP contribution is -2.25. The Labute approximate surface area is 123 Å². The summed E-state index contributed by atoms with van der Waals surface area (Å²) in [6, 6.07) is 7.43. The van der Waals surface area contributed by atoms with Crippen molar-refractivity contribution >= 4 is 32.8 Å². The molecule has 0 bridgehead atoms. The van der Waals surface area contributed by atoms with Crippen LogP contribution in [0.2, 0.25) is 0 Å². The smallest absolute Gasteiger partial charge is 0.287 e. The average Bonchev–Trinajstić information content (AvgIpc) is 3.07. The molecule has 0 aliphatic heterocycles. The number of benzene rings is 1. The summed E-state index contributed by atoms with van der Waals surface area (Å²) in [5.41, 5.74) is 1.67. The Kier molecular flexibility index (Phi) is 3.56. The molecular formula is C14H12BrN3O2. The van der Waals surface area contributed by atoms with Crippen LogP contribution in [0.4, 0.5) is 0 Å². The molecule has 0 fully saturated rings. The number of carbonyl (C=O) groups is 1. The van der Waals surface area contributed by atoms with E-state index in [0.29, 0.717) is 24.3 Å². The number of fused-ring (bicyclic) bond motifs is 1. The molecule has 0 saturated carbocycles. The predicted octanol–water partition coefficient (Wildman–Crippen LogP) is 2.89. The highest BCUT2D eigenvalue weighted by molar-refractivity contribution is 9.10. The fourth-order valence-electron chi connectivity index (χ4n) is 1.96. The molecule has 0 spiro atoms. The average molecular weight is 334 g/mol. The quantitative estimate of drug-likeness (QED) is 0.771. The van der Waals surface area contributed by atoms with Gasteiger partial charge in [0.15, 0.2) is 5.76 Å². The first kappa shape index (κ1) is 12.9. The molecule has 2 heterocycles. The lowest BCUT2D eigenvalue weighted by molar-refractivity contribution is 0.0928. The number of carbonyl (C=O) groups excluding carboxylic acids is 1. The first-order valence-corrected chi connectivity index (χ1v) is 6.97. The van der Waals surface area contributed by atoms with E-state index in [4.69, 9.17) is 4.42 Å². The number of hydrogen-bond donors (Lipinski definition) is 2. The molecule has 3 rings (SSSR count). The number of imidazole rings is 1. The molecule has 1 aromatic carbocycles. The van der Waals surface area contributed by atoms with Crippen LogP contribution < -0.4 is 5.32 Å². The highest BCUT2D eigenvalue weighted by Crippen LogP contribution is 2.26. The van der Waals surface area contributed by atoms with E-state index in [2.05, 4.69) is 31.2 Å². The Balaban J connectivity index is 1.68. The number of halogens is 1. The summed E-state index contributed by atoms with van der Waals surface area (Å²) >= 11 is 3.40. The molecule has 3 aromatic rings. The van der Waals surface area contributed by atoms with Crippen molar-refractivity contribution in [1.82, 2.24) is 15.3 Å². The number of nitrogens with one attached hydrogen (secondary N) is 2. The third-order valence-corrected chi connectivity index (χ3v) is 3.58. The second-order valence-electron chi connectivity index (χ2n) is 4.35. The summed E-state index contributed by atoms with van der Waals surface area (Å²) in [5.74, 6) is 0.101. The fraction of sp³-hybridized carbons (Fsp3) is 0.143. The molecule has 6 heteroatoms. The van der Waals surface area contributed by atoms with Crippen LogP contribution in [0.1, 0.15) is 16.2 Å². The van der Waals surface area contributed by atoms with Crippen LogP contribution in [0.3, 0.4) is 0 Å². The number of rotatable bonds is 4. The number of furan rings is 1. The zero-order chi connectivity index (χ0) is 13.9. The van der Waals surface area contributed by atoms with Gasteiger partial charge in [0.25, 0.3) is 5.91 Å². The van der Waals surface area contributed by atoms with Gasteiger partial charge in [-0.25, -0.2) is 4.98 Å². The second kappa shape index (κ2) is 5.50. The van der Waals surface area contributed by atoms with Crippen molar-refractivity contribution < 1.29 is 9.21 Å². The number of hydrogen-bond acceptors (Lipinski definition) is 3. The maximum Gasteiger partial charge on any atom is 0.287 e. The van der Waals surface area contributed by atoms with E-state index in [1.165, 1.54) is 0 Å². The van der Waals surface area contributed by atoms with E-state index in [1.807, 2.05) is 18.2 Å². The zero-order valence-electron chi connectivity index (χ0n) is 10.5. The van der Waals surface area contributed by atoms with Gasteiger partial charge >= 0.3 is 0 Å². The first-order valence-electron chi connectivity index (χ1n) is 6.17. The van der Waals surface area contributed by atoms with Crippen molar-refractivity contribution in [2.45, 2.75) is 6.42 Å². The van der Waals surface area contributed by atoms with Crippen molar-refractivity contribution in [3.8, 4) is 0 Å². The van der Waals surface area contributed by atoms with E-state index in [9.17, 15) is 4.79 Å². The molecule has 2 N–H and O–H groups in total. The summed E-state index contributed by atoms with van der Waals surface area (Å²) in [5, 5.41) is 3.72. The Morgan fingerprint density at radius 1 is 1.45 bits per heavy atom. The SMILES string of the molecule is O=C(NCCc1cnc[nH]1)c1cc2cccc(Br)c2o1. The van der Waals surface area contributed by atoms with Crippen LogP contribution in [0, 0.1) is 0 Å². The molecule has 102 valence electrons. The molecule has 0 aliphatic rings. The van der Waals surface area contributed by atoms with Gasteiger partial charge in [0.1, 0.15) is 5.58 Å². The number of amides is 1. The number of aromatic amines is 1. The summed E-state index contributed by atoms with van der Waals surface area (Å²) in [7, 11) is 0. The molecule has 2 aromatic heterocycles. The number of H-pyrrole nitrogens is 1. The number of aromatic nitrogens is 2. The van der Waals surface area contributed by atoms with Gasteiger partial charge in [0.05, 0.1) is 10.8 Å². The number of nitrogens with zero attached hydrogens (tertiary/aromatic N) is 1. The van der Waals surface area contributed by atoms with Crippen LogP contribution in [0.25, 0.3) is 11.0 Å². The molecule has 1 amide bonds. The predicted molar refractivity (Wildman–Crippen MR) is 78.5 cm³/mol. The van der Waals surface area contributed by atoms with Gasteiger partial charge in [-0.15, -0.1) is 0 Å². The van der Waals surface area contributed by atoms with E-state index in [-0.39, 0.29) is 5.91 Å². The first-order chi connectivity index (χ1) is 9.74. The topological polar surface area (TPSA) is 70.9 Å². The zero-order valence-corrected chi connectivity index (χ0v) is 12.1. The van der Waals surface area contributed by atoms with Crippen molar-refractivity contribution in [3.63, 3.8) is 0 Å². The van der Waals surface area contributed by atoms with Gasteiger partial charge in [-0.1, -0.05) is 12.1 Å². The monoisotopic (exact) mass is 333 g/mol. The minimum absolute atomic E-state index is 0.215. The van der Waals surface area contributed by atoms with Crippen LogP contribution in [-0.2, 0) is 6.42 Å². The van der Waals surface area contributed by atoms with E-state index < -0.39 is 0 Å². The maximum atomic E-state index is 12.0. The Bertz CT molecular complexity index is 734. The Hall–Kier alpha value is -2.08. The molecular weight excluding hydrogens is 322 g/mol. The molecule has 0 aliphatic carbocycles. The molecule has 0 radical (unpaired) electrons. The molecule has 0 unspecified atom stereocenters. The minimum atomic E-state index is -0.215. The van der Waals surface area contributed by atoms with Crippen molar-refractivity contribution in [1.29, 1.82) is 0 Å². The number of para-hydroxylation sites is 1. The van der Waals surface area contributed by atoms with Crippen LogP contribution in [0.15, 0.2) is 45.7 Å². The Morgan fingerprint density at radius 3 is 3.10 bits per heavy atom. The van der Waals surface area contributed by atoms with Gasteiger partial charge in [-0.3, -0.25) is 4.79 Å². The third kappa shape index (κ3) is 2.60. The summed E-state index contributed by atoms with van der Waals surface area (Å²) in [4.78, 5) is 18.9. The lowest BCUT2D eigenvalue weighted by Gasteiger charge is -2.01. The van der Waals surface area contributed by atoms with Crippen LogP contribution >= 0.6 is 15.9 Å². The highest BCUT2D eigenvalue weighted by atomic mass is 79.9. The van der Waals surface area contributed by atoms with Gasteiger partial charge < -0.3 is 14.7 Å². The minimum Gasteiger partial charge on any atom is -0.450 e.